The van der Waals surface area contributed by atoms with Crippen molar-refractivity contribution in [1.29, 1.82) is 0 Å². The van der Waals surface area contributed by atoms with Crippen molar-refractivity contribution in [2.75, 3.05) is 6.54 Å². The van der Waals surface area contributed by atoms with Crippen LogP contribution >= 0.6 is 15.9 Å². The van der Waals surface area contributed by atoms with Crippen LogP contribution < -0.4 is 5.32 Å². The Morgan fingerprint density at radius 2 is 1.95 bits per heavy atom. The van der Waals surface area contributed by atoms with E-state index in [1.54, 1.807) is 0 Å². The zero-order valence-corrected chi connectivity index (χ0v) is 15.6. The van der Waals surface area contributed by atoms with Gasteiger partial charge in [0.25, 0.3) is 0 Å². The molecule has 0 aliphatic rings. The monoisotopic (exact) mass is 343 g/mol. The summed E-state index contributed by atoms with van der Waals surface area (Å²) in [4.78, 5) is 0. The van der Waals surface area contributed by atoms with E-state index >= 15 is 0 Å². The fourth-order valence-corrected chi connectivity index (χ4v) is 2.94. The number of halogens is 1. The van der Waals surface area contributed by atoms with Crippen molar-refractivity contribution >= 4 is 15.9 Å². The third-order valence-electron chi connectivity index (χ3n) is 4.31. The highest BCUT2D eigenvalue weighted by Gasteiger charge is 2.24. The topological polar surface area (TPSA) is 29.9 Å². The van der Waals surface area contributed by atoms with Crippen LogP contribution in [0.5, 0.6) is 0 Å². The number of hydrogen-bond donors (Lipinski definition) is 1. The first-order chi connectivity index (χ1) is 9.16. The second-order valence-electron chi connectivity index (χ2n) is 6.93. The van der Waals surface area contributed by atoms with Crippen molar-refractivity contribution in [2.24, 2.45) is 18.4 Å². The summed E-state index contributed by atoms with van der Waals surface area (Å²) in [6, 6.07) is 0.500. The SMILES string of the molecule is CCNC(Cc1c(Br)c(C)nn1C)CC(C)C(C)(C)C. The number of hydrogen-bond acceptors (Lipinski definition) is 2. The van der Waals surface area contributed by atoms with Gasteiger partial charge in [-0.2, -0.15) is 5.10 Å². The Balaban J connectivity index is 2.82. The molecule has 116 valence electrons. The van der Waals surface area contributed by atoms with Crippen molar-refractivity contribution in [3.63, 3.8) is 0 Å². The van der Waals surface area contributed by atoms with E-state index in [2.05, 4.69) is 61.0 Å². The normalized spacial score (nSPS) is 15.4. The van der Waals surface area contributed by atoms with Crippen molar-refractivity contribution in [3.05, 3.63) is 15.9 Å². The minimum Gasteiger partial charge on any atom is -0.314 e. The first kappa shape index (κ1) is 17.7. The highest BCUT2D eigenvalue weighted by atomic mass is 79.9. The van der Waals surface area contributed by atoms with Gasteiger partial charge in [0.05, 0.1) is 15.9 Å². The molecule has 0 amide bonds. The van der Waals surface area contributed by atoms with Gasteiger partial charge >= 0.3 is 0 Å². The Morgan fingerprint density at radius 3 is 2.35 bits per heavy atom. The molecule has 2 unspecified atom stereocenters. The van der Waals surface area contributed by atoms with Crippen LogP contribution in [0.3, 0.4) is 0 Å². The van der Waals surface area contributed by atoms with Crippen LogP contribution in [0.4, 0.5) is 0 Å². The van der Waals surface area contributed by atoms with Crippen LogP contribution in [-0.2, 0) is 13.5 Å². The van der Waals surface area contributed by atoms with E-state index in [1.807, 2.05) is 18.7 Å². The average Bonchev–Trinajstić information content (AvgIpc) is 2.55. The van der Waals surface area contributed by atoms with Crippen LogP contribution in [-0.4, -0.2) is 22.4 Å². The molecule has 1 aromatic heterocycles. The summed E-state index contributed by atoms with van der Waals surface area (Å²) in [7, 11) is 2.03. The third-order valence-corrected chi connectivity index (χ3v) is 5.34. The molecule has 1 N–H and O–H groups in total. The van der Waals surface area contributed by atoms with Gasteiger partial charge in [-0.15, -0.1) is 0 Å². The number of nitrogens with zero attached hydrogens (tertiary/aromatic N) is 2. The van der Waals surface area contributed by atoms with Gasteiger partial charge in [-0.1, -0.05) is 34.6 Å². The molecule has 1 rings (SSSR count). The molecule has 3 nitrogen and oxygen atoms in total. The predicted octanol–water partition coefficient (Wildman–Crippen LogP) is 4.08. The maximum atomic E-state index is 4.49. The van der Waals surface area contributed by atoms with Gasteiger partial charge in [0.1, 0.15) is 0 Å². The van der Waals surface area contributed by atoms with Gasteiger partial charge in [0, 0.05) is 19.5 Å². The number of aromatic nitrogens is 2. The molecule has 4 heteroatoms. The lowest BCUT2D eigenvalue weighted by atomic mass is 9.78. The zero-order chi connectivity index (χ0) is 15.5. The summed E-state index contributed by atoms with van der Waals surface area (Å²) in [6.07, 6.45) is 2.21. The summed E-state index contributed by atoms with van der Waals surface area (Å²) in [5.41, 5.74) is 2.71. The van der Waals surface area contributed by atoms with Crippen LogP contribution in [0.2, 0.25) is 0 Å². The summed E-state index contributed by atoms with van der Waals surface area (Å²) in [5.74, 6) is 0.680. The minimum absolute atomic E-state index is 0.354. The van der Waals surface area contributed by atoms with E-state index in [9.17, 15) is 0 Å². The first-order valence-corrected chi connectivity index (χ1v) is 8.37. The maximum absolute atomic E-state index is 4.49. The van der Waals surface area contributed by atoms with Gasteiger partial charge < -0.3 is 5.32 Å². The van der Waals surface area contributed by atoms with Crippen molar-refractivity contribution < 1.29 is 0 Å². The quantitative estimate of drug-likeness (QED) is 0.843. The summed E-state index contributed by atoms with van der Waals surface area (Å²) < 4.78 is 3.16. The molecule has 0 aliphatic carbocycles. The fourth-order valence-electron chi connectivity index (χ4n) is 2.44. The van der Waals surface area contributed by atoms with E-state index < -0.39 is 0 Å². The highest BCUT2D eigenvalue weighted by Crippen LogP contribution is 2.30. The lowest BCUT2D eigenvalue weighted by Gasteiger charge is -2.31. The number of aryl methyl sites for hydroxylation is 2. The first-order valence-electron chi connectivity index (χ1n) is 7.58. The van der Waals surface area contributed by atoms with E-state index in [4.69, 9.17) is 0 Å². The zero-order valence-electron chi connectivity index (χ0n) is 14.0. The average molecular weight is 344 g/mol. The van der Waals surface area contributed by atoms with Crippen LogP contribution in [0.25, 0.3) is 0 Å². The van der Waals surface area contributed by atoms with Crippen LogP contribution in [0.1, 0.15) is 52.4 Å². The Morgan fingerprint density at radius 1 is 1.35 bits per heavy atom. The van der Waals surface area contributed by atoms with Crippen LogP contribution in [0, 0.1) is 18.3 Å². The van der Waals surface area contributed by atoms with Gasteiger partial charge in [-0.3, -0.25) is 4.68 Å². The molecule has 0 radical (unpaired) electrons. The summed E-state index contributed by atoms with van der Waals surface area (Å²) in [6.45, 7) is 14.6. The molecule has 0 fully saturated rings. The van der Waals surface area contributed by atoms with Crippen molar-refractivity contribution in [1.82, 2.24) is 15.1 Å². The maximum Gasteiger partial charge on any atom is 0.0738 e. The molecule has 0 spiro atoms. The second-order valence-corrected chi connectivity index (χ2v) is 7.72. The van der Waals surface area contributed by atoms with E-state index in [0.717, 1.165) is 23.1 Å². The fraction of sp³-hybridized carbons (Fsp3) is 0.812. The molecule has 0 aromatic carbocycles. The Kier molecular flexibility index (Phi) is 6.26. The second kappa shape index (κ2) is 7.08. The van der Waals surface area contributed by atoms with Crippen LogP contribution in [0.15, 0.2) is 4.47 Å². The lowest BCUT2D eigenvalue weighted by Crippen LogP contribution is -2.35. The molecule has 0 saturated carbocycles. The smallest absolute Gasteiger partial charge is 0.0738 e. The molecule has 1 aromatic rings. The molecule has 0 bridgehead atoms. The minimum atomic E-state index is 0.354. The highest BCUT2D eigenvalue weighted by molar-refractivity contribution is 9.10. The standard InChI is InChI=1S/C16H30BrN3/c1-8-18-13(9-11(2)16(4,5)6)10-14-15(17)12(3)19-20(14)7/h11,13,18H,8-10H2,1-7H3. The number of nitrogens with one attached hydrogen (secondary N) is 1. The Labute approximate surface area is 132 Å². The van der Waals surface area contributed by atoms with Gasteiger partial charge in [0.2, 0.25) is 0 Å². The van der Waals surface area contributed by atoms with E-state index in [0.29, 0.717) is 17.4 Å². The number of rotatable bonds is 6. The Hall–Kier alpha value is -0.350. The predicted molar refractivity (Wildman–Crippen MR) is 90.0 cm³/mol. The molecule has 20 heavy (non-hydrogen) atoms. The molecule has 1 heterocycles. The number of likely N-dealkylation sites (N-methyl/N-ethyl adjacent to an activating group) is 1. The van der Waals surface area contributed by atoms with Crippen molar-refractivity contribution in [3.8, 4) is 0 Å². The van der Waals surface area contributed by atoms with Gasteiger partial charge in [-0.25, -0.2) is 0 Å². The van der Waals surface area contributed by atoms with E-state index in [1.165, 1.54) is 12.1 Å². The molecular weight excluding hydrogens is 314 g/mol. The summed E-state index contributed by atoms with van der Waals surface area (Å²) in [5, 5.41) is 8.13. The summed E-state index contributed by atoms with van der Waals surface area (Å²) >= 11 is 3.68. The molecule has 0 aliphatic heterocycles. The molecular formula is C16H30BrN3. The molecule has 2 atom stereocenters. The van der Waals surface area contributed by atoms with Crippen molar-refractivity contribution in [2.45, 2.75) is 60.4 Å². The van der Waals surface area contributed by atoms with E-state index in [-0.39, 0.29) is 0 Å². The largest absolute Gasteiger partial charge is 0.314 e. The van der Waals surface area contributed by atoms with Gasteiger partial charge in [0.15, 0.2) is 0 Å². The Bertz CT molecular complexity index is 432. The lowest BCUT2D eigenvalue weighted by molar-refractivity contribution is 0.222. The van der Waals surface area contributed by atoms with Gasteiger partial charge in [-0.05, 0) is 47.2 Å². The molecule has 0 saturated heterocycles. The third kappa shape index (κ3) is 4.59.